The highest BCUT2D eigenvalue weighted by molar-refractivity contribution is 5.97. The average molecular weight is 330 g/mol. The number of nitrogens with two attached hydrogens (primary N) is 1. The summed E-state index contributed by atoms with van der Waals surface area (Å²) >= 11 is 0. The zero-order chi connectivity index (χ0) is 15.8. The van der Waals surface area contributed by atoms with Crippen LogP contribution in [-0.2, 0) is 11.2 Å². The van der Waals surface area contributed by atoms with Gasteiger partial charge in [-0.1, -0.05) is 13.3 Å². The monoisotopic (exact) mass is 329 g/mol. The number of carbonyl (C=O) groups excluding carboxylic acids is 2. The number of rotatable bonds is 9. The molecule has 0 bridgehead atoms. The van der Waals surface area contributed by atoms with Crippen LogP contribution in [0.2, 0.25) is 0 Å². The minimum absolute atomic E-state index is 0. The molecule has 1 rings (SSSR count). The molecule has 1 aromatic rings. The van der Waals surface area contributed by atoms with E-state index in [1.165, 1.54) is 6.92 Å². The van der Waals surface area contributed by atoms with Crippen molar-refractivity contribution in [2.24, 2.45) is 5.73 Å². The van der Waals surface area contributed by atoms with Crippen molar-refractivity contribution in [1.29, 1.82) is 0 Å². The lowest BCUT2D eigenvalue weighted by atomic mass is 10.0. The molecule has 0 spiro atoms. The number of hydrogen-bond donors (Lipinski definition) is 2. The lowest BCUT2D eigenvalue weighted by Crippen LogP contribution is -2.10. The van der Waals surface area contributed by atoms with Crippen molar-refractivity contribution in [1.82, 2.24) is 0 Å². The first-order valence-corrected chi connectivity index (χ1v) is 7.24. The first-order valence-electron chi connectivity index (χ1n) is 7.24. The summed E-state index contributed by atoms with van der Waals surface area (Å²) in [5.74, 6) is 0.125. The Balaban J connectivity index is 0.00000441. The number of unbranched alkanes of at least 4 members (excludes halogenated alkanes) is 1. The number of Topliss-reactive ketones (excluding diaryl/α,β-unsaturated/α-hetero) is 1. The Hall–Kier alpha value is -1.75. The van der Waals surface area contributed by atoms with Crippen LogP contribution in [-0.4, -0.2) is 23.4 Å². The number of hydrogen-bond acceptors (Lipinski definition) is 4. The normalized spacial score (nSPS) is 9.91. The van der Waals surface area contributed by atoms with Crippen LogP contribution in [0.4, 0.5) is 0 Å². The summed E-state index contributed by atoms with van der Waals surface area (Å²) in [5.41, 5.74) is 6.06. The van der Waals surface area contributed by atoms with Crippen LogP contribution in [0, 0.1) is 0 Å². The molecule has 124 valence electrons. The molecule has 3 N–H and O–H groups in total. The van der Waals surface area contributed by atoms with Gasteiger partial charge in [0.2, 0.25) is 5.91 Å². The molecule has 0 aliphatic carbocycles. The molecule has 0 aromatic heterocycles. The van der Waals surface area contributed by atoms with Crippen LogP contribution in [0.15, 0.2) is 12.1 Å². The highest BCUT2D eigenvalue weighted by Crippen LogP contribution is 2.33. The quantitative estimate of drug-likeness (QED) is 0.538. The number of ether oxygens (including phenoxy) is 1. The minimum atomic E-state index is -0.315. The van der Waals surface area contributed by atoms with Gasteiger partial charge >= 0.3 is 0 Å². The van der Waals surface area contributed by atoms with E-state index < -0.39 is 0 Å². The third-order valence-corrected chi connectivity index (χ3v) is 3.19. The number of phenolic OH excluding ortho intramolecular Hbond substituents is 1. The van der Waals surface area contributed by atoms with Gasteiger partial charge in [0.15, 0.2) is 5.78 Å². The Bertz CT molecular complexity index is 517. The molecule has 0 atom stereocenters. The second-order valence-electron chi connectivity index (χ2n) is 5.02. The van der Waals surface area contributed by atoms with E-state index in [9.17, 15) is 14.7 Å². The van der Waals surface area contributed by atoms with Crippen LogP contribution in [0.1, 0.15) is 55.5 Å². The minimum Gasteiger partial charge on any atom is -0.507 e. The second kappa shape index (κ2) is 10.1. The Morgan fingerprint density at radius 1 is 1.27 bits per heavy atom. The molecule has 0 saturated heterocycles. The summed E-state index contributed by atoms with van der Waals surface area (Å²) in [7, 11) is 0. The number of ketones is 1. The summed E-state index contributed by atoms with van der Waals surface area (Å²) in [6.07, 6.45) is 3.22. The third kappa shape index (κ3) is 5.93. The van der Waals surface area contributed by atoms with E-state index in [2.05, 4.69) is 0 Å². The van der Waals surface area contributed by atoms with Gasteiger partial charge in [-0.05, 0) is 38.3 Å². The Morgan fingerprint density at radius 2 is 1.95 bits per heavy atom. The molecule has 0 fully saturated rings. The molecule has 1 amide bonds. The van der Waals surface area contributed by atoms with Gasteiger partial charge in [-0.25, -0.2) is 0 Å². The number of phenols is 1. The zero-order valence-electron chi connectivity index (χ0n) is 13.1. The highest BCUT2D eigenvalue weighted by Gasteiger charge is 2.15. The molecule has 22 heavy (non-hydrogen) atoms. The Kier molecular flexibility index (Phi) is 9.26. The summed E-state index contributed by atoms with van der Waals surface area (Å²) in [6, 6.07) is 3.30. The number of halogens is 1. The van der Waals surface area contributed by atoms with Crippen molar-refractivity contribution in [3.63, 3.8) is 0 Å². The maximum absolute atomic E-state index is 11.5. The van der Waals surface area contributed by atoms with Crippen molar-refractivity contribution in [2.45, 2.75) is 46.0 Å². The molecule has 0 radical (unpaired) electrons. The van der Waals surface area contributed by atoms with Crippen molar-refractivity contribution < 1.29 is 19.4 Å². The molecule has 0 aliphatic heterocycles. The number of primary amides is 1. The molecule has 6 heteroatoms. The van der Waals surface area contributed by atoms with E-state index in [0.717, 1.165) is 6.42 Å². The summed E-state index contributed by atoms with van der Waals surface area (Å²) < 4.78 is 5.66. The summed E-state index contributed by atoms with van der Waals surface area (Å²) in [6.45, 7) is 3.87. The SMILES string of the molecule is CCCc1c(OCCCCC(N)=O)ccc(C(C)=O)c1O.Cl. The van der Waals surface area contributed by atoms with E-state index >= 15 is 0 Å². The first kappa shape index (κ1) is 20.2. The fraction of sp³-hybridized carbons (Fsp3) is 0.500. The van der Waals surface area contributed by atoms with Crippen LogP contribution < -0.4 is 10.5 Å². The maximum atomic E-state index is 11.5. The van der Waals surface area contributed by atoms with Gasteiger partial charge in [0.1, 0.15) is 11.5 Å². The van der Waals surface area contributed by atoms with Gasteiger partial charge in [-0.15, -0.1) is 12.4 Å². The van der Waals surface area contributed by atoms with E-state index in [0.29, 0.717) is 49.2 Å². The molecule has 1 aromatic carbocycles. The highest BCUT2D eigenvalue weighted by atomic mass is 35.5. The summed E-state index contributed by atoms with van der Waals surface area (Å²) in [4.78, 5) is 22.1. The molecule has 0 saturated carbocycles. The van der Waals surface area contributed by atoms with E-state index in [4.69, 9.17) is 10.5 Å². The number of carbonyl (C=O) groups is 2. The lowest BCUT2D eigenvalue weighted by Gasteiger charge is -2.14. The van der Waals surface area contributed by atoms with E-state index in [1.807, 2.05) is 6.92 Å². The van der Waals surface area contributed by atoms with Gasteiger partial charge in [0, 0.05) is 12.0 Å². The lowest BCUT2D eigenvalue weighted by molar-refractivity contribution is -0.118. The van der Waals surface area contributed by atoms with Crippen molar-refractivity contribution >= 4 is 24.1 Å². The van der Waals surface area contributed by atoms with Crippen molar-refractivity contribution in [2.75, 3.05) is 6.61 Å². The van der Waals surface area contributed by atoms with Crippen molar-refractivity contribution in [3.8, 4) is 11.5 Å². The van der Waals surface area contributed by atoms with Crippen LogP contribution in [0.25, 0.3) is 0 Å². The number of benzene rings is 1. The second-order valence-corrected chi connectivity index (χ2v) is 5.02. The fourth-order valence-electron chi connectivity index (χ4n) is 2.11. The topological polar surface area (TPSA) is 89.6 Å². The largest absolute Gasteiger partial charge is 0.507 e. The molecular formula is C16H24ClNO4. The maximum Gasteiger partial charge on any atom is 0.217 e. The summed E-state index contributed by atoms with van der Waals surface area (Å²) in [5, 5.41) is 10.2. The van der Waals surface area contributed by atoms with Gasteiger partial charge in [-0.2, -0.15) is 0 Å². The number of aromatic hydroxyl groups is 1. The van der Waals surface area contributed by atoms with Gasteiger partial charge < -0.3 is 15.6 Å². The Labute approximate surface area is 137 Å². The Morgan fingerprint density at radius 3 is 2.50 bits per heavy atom. The smallest absolute Gasteiger partial charge is 0.217 e. The standard InChI is InChI=1S/C16H23NO4.ClH/c1-3-6-13-14(21-10-5-4-7-15(17)19)9-8-12(11(2)18)16(13)20;/h8-9,20H,3-7,10H2,1-2H3,(H2,17,19);1H. The third-order valence-electron chi connectivity index (χ3n) is 3.19. The van der Waals surface area contributed by atoms with Gasteiger partial charge in [0.05, 0.1) is 12.2 Å². The molecular weight excluding hydrogens is 306 g/mol. The fourth-order valence-corrected chi connectivity index (χ4v) is 2.11. The van der Waals surface area contributed by atoms with Crippen molar-refractivity contribution in [3.05, 3.63) is 23.3 Å². The molecule has 5 nitrogen and oxygen atoms in total. The predicted molar refractivity (Wildman–Crippen MR) is 87.9 cm³/mol. The van der Waals surface area contributed by atoms with E-state index in [-0.39, 0.29) is 29.8 Å². The molecule has 0 aliphatic rings. The van der Waals surface area contributed by atoms with Crippen LogP contribution >= 0.6 is 12.4 Å². The van der Waals surface area contributed by atoms with Gasteiger partial charge in [-0.3, -0.25) is 9.59 Å². The zero-order valence-corrected chi connectivity index (χ0v) is 13.9. The number of amides is 1. The average Bonchev–Trinajstić information content (AvgIpc) is 2.41. The molecule has 0 unspecified atom stereocenters. The van der Waals surface area contributed by atoms with E-state index in [1.54, 1.807) is 12.1 Å². The molecule has 0 heterocycles. The first-order chi connectivity index (χ1) is 9.97. The van der Waals surface area contributed by atoms with Crippen LogP contribution in [0.5, 0.6) is 11.5 Å². The predicted octanol–water partition coefficient (Wildman–Crippen LogP) is 3.00. The van der Waals surface area contributed by atoms with Crippen LogP contribution in [0.3, 0.4) is 0 Å². The van der Waals surface area contributed by atoms with Gasteiger partial charge in [0.25, 0.3) is 0 Å².